The maximum Gasteiger partial charge on any atom is 0.221 e. The Labute approximate surface area is 74.8 Å². The summed E-state index contributed by atoms with van der Waals surface area (Å²) in [6.45, 7) is 0. The first-order chi connectivity index (χ1) is 6.25. The van der Waals surface area contributed by atoms with Crippen LogP contribution in [0.1, 0.15) is 5.56 Å². The van der Waals surface area contributed by atoms with Gasteiger partial charge in [0.2, 0.25) is 5.91 Å². The van der Waals surface area contributed by atoms with E-state index >= 15 is 0 Å². The van der Waals surface area contributed by atoms with Crippen molar-refractivity contribution < 1.29 is 4.79 Å². The van der Waals surface area contributed by atoms with E-state index in [1.54, 1.807) is 0 Å². The van der Waals surface area contributed by atoms with Gasteiger partial charge in [0.1, 0.15) is 0 Å². The number of nitrogens with zero attached hydrogens (tertiary/aromatic N) is 1. The number of hydrogen-bond donors (Lipinski definition) is 2. The SMILES string of the molecule is NC(=O)Cc1ccc2[nH][c]nc2c1. The molecule has 2 rings (SSSR count). The Morgan fingerprint density at radius 1 is 1.62 bits per heavy atom. The van der Waals surface area contributed by atoms with Gasteiger partial charge in [-0.2, -0.15) is 0 Å². The van der Waals surface area contributed by atoms with E-state index in [0.717, 1.165) is 16.6 Å². The number of carbonyl (C=O) groups is 1. The summed E-state index contributed by atoms with van der Waals surface area (Å²) in [6, 6.07) is 5.53. The van der Waals surface area contributed by atoms with E-state index in [-0.39, 0.29) is 12.3 Å². The number of rotatable bonds is 2. The highest BCUT2D eigenvalue weighted by molar-refractivity contribution is 5.80. The van der Waals surface area contributed by atoms with Crippen molar-refractivity contribution in [1.29, 1.82) is 0 Å². The molecule has 1 heterocycles. The highest BCUT2D eigenvalue weighted by Gasteiger charge is 2.01. The molecule has 65 valence electrons. The summed E-state index contributed by atoms with van der Waals surface area (Å²) in [6.07, 6.45) is 2.88. The van der Waals surface area contributed by atoms with Gasteiger partial charge in [-0.05, 0) is 17.7 Å². The van der Waals surface area contributed by atoms with E-state index < -0.39 is 0 Å². The Hall–Kier alpha value is -1.84. The largest absolute Gasteiger partial charge is 0.369 e. The fourth-order valence-electron chi connectivity index (χ4n) is 1.23. The fraction of sp³-hybridized carbons (Fsp3) is 0.111. The van der Waals surface area contributed by atoms with Crippen LogP contribution >= 0.6 is 0 Å². The van der Waals surface area contributed by atoms with Crippen molar-refractivity contribution >= 4 is 16.9 Å². The predicted octanol–water partition coefficient (Wildman–Crippen LogP) is 0.391. The molecule has 0 aliphatic rings. The number of carbonyl (C=O) groups excluding carboxylic acids is 1. The minimum Gasteiger partial charge on any atom is -0.369 e. The Balaban J connectivity index is 2.42. The maximum absolute atomic E-state index is 10.6. The number of amides is 1. The normalized spacial score (nSPS) is 10.5. The molecule has 1 radical (unpaired) electrons. The van der Waals surface area contributed by atoms with Gasteiger partial charge in [-0.3, -0.25) is 4.79 Å². The summed E-state index contributed by atoms with van der Waals surface area (Å²) >= 11 is 0. The number of hydrogen-bond acceptors (Lipinski definition) is 2. The second-order valence-corrected chi connectivity index (χ2v) is 2.84. The van der Waals surface area contributed by atoms with E-state index in [2.05, 4.69) is 16.3 Å². The Morgan fingerprint density at radius 2 is 2.46 bits per heavy atom. The molecule has 1 amide bonds. The summed E-state index contributed by atoms with van der Waals surface area (Å²) in [5.41, 5.74) is 7.66. The monoisotopic (exact) mass is 174 g/mol. The first-order valence-corrected chi connectivity index (χ1v) is 3.89. The van der Waals surface area contributed by atoms with Gasteiger partial charge in [0.25, 0.3) is 0 Å². The van der Waals surface area contributed by atoms with Crippen LogP contribution in [0.4, 0.5) is 0 Å². The van der Waals surface area contributed by atoms with Gasteiger partial charge in [-0.25, -0.2) is 4.98 Å². The van der Waals surface area contributed by atoms with Gasteiger partial charge in [-0.1, -0.05) is 6.07 Å². The van der Waals surface area contributed by atoms with Crippen LogP contribution in [0.25, 0.3) is 11.0 Å². The number of nitrogens with two attached hydrogens (primary N) is 1. The summed E-state index contributed by atoms with van der Waals surface area (Å²) in [4.78, 5) is 17.4. The molecular weight excluding hydrogens is 166 g/mol. The zero-order chi connectivity index (χ0) is 9.26. The molecule has 0 saturated heterocycles. The average Bonchev–Trinajstić information content (AvgIpc) is 2.49. The number of primary amides is 1. The smallest absolute Gasteiger partial charge is 0.221 e. The lowest BCUT2D eigenvalue weighted by Crippen LogP contribution is -2.13. The Kier molecular flexibility index (Phi) is 1.73. The summed E-state index contributed by atoms with van der Waals surface area (Å²) < 4.78 is 0. The number of fused-ring (bicyclic) bond motifs is 1. The molecule has 4 heteroatoms. The van der Waals surface area contributed by atoms with Gasteiger partial charge >= 0.3 is 0 Å². The third kappa shape index (κ3) is 1.51. The second kappa shape index (κ2) is 2.90. The van der Waals surface area contributed by atoms with Gasteiger partial charge < -0.3 is 10.7 Å². The molecule has 0 spiro atoms. The molecule has 3 N–H and O–H groups in total. The number of aromatic amines is 1. The molecule has 0 fully saturated rings. The Morgan fingerprint density at radius 3 is 3.23 bits per heavy atom. The lowest BCUT2D eigenvalue weighted by molar-refractivity contribution is -0.117. The van der Waals surface area contributed by atoms with Gasteiger partial charge in [-0.15, -0.1) is 0 Å². The van der Waals surface area contributed by atoms with Crippen LogP contribution in [-0.4, -0.2) is 15.9 Å². The standard InChI is InChI=1S/C9H8N3O/c10-9(13)4-6-1-2-7-8(3-6)12-5-11-7/h1-3H,4H2,(H2,10,13)(H,11,12). The van der Waals surface area contributed by atoms with Crippen molar-refractivity contribution in [2.45, 2.75) is 6.42 Å². The fourth-order valence-corrected chi connectivity index (χ4v) is 1.23. The second-order valence-electron chi connectivity index (χ2n) is 2.84. The molecule has 0 bridgehead atoms. The van der Waals surface area contributed by atoms with Crippen LogP contribution in [0, 0.1) is 6.33 Å². The number of H-pyrrole nitrogens is 1. The number of aromatic nitrogens is 2. The van der Waals surface area contributed by atoms with Crippen LogP contribution in [0.15, 0.2) is 18.2 Å². The first-order valence-electron chi connectivity index (χ1n) is 3.89. The third-order valence-electron chi connectivity index (χ3n) is 1.81. The van der Waals surface area contributed by atoms with Crippen LogP contribution < -0.4 is 5.73 Å². The molecule has 2 aromatic rings. The molecule has 13 heavy (non-hydrogen) atoms. The van der Waals surface area contributed by atoms with Gasteiger partial charge in [0.15, 0.2) is 6.33 Å². The molecule has 0 aliphatic heterocycles. The highest BCUT2D eigenvalue weighted by atomic mass is 16.1. The van der Waals surface area contributed by atoms with E-state index in [9.17, 15) is 4.79 Å². The minimum absolute atomic E-state index is 0.253. The lowest BCUT2D eigenvalue weighted by atomic mass is 10.1. The molecule has 0 saturated carbocycles. The van der Waals surface area contributed by atoms with Crippen LogP contribution in [0.2, 0.25) is 0 Å². The number of benzene rings is 1. The predicted molar refractivity (Wildman–Crippen MR) is 47.8 cm³/mol. The van der Waals surface area contributed by atoms with E-state index in [1.165, 1.54) is 0 Å². The average molecular weight is 174 g/mol. The summed E-state index contributed by atoms with van der Waals surface area (Å²) in [7, 11) is 0. The quantitative estimate of drug-likeness (QED) is 0.691. The highest BCUT2D eigenvalue weighted by Crippen LogP contribution is 2.11. The first kappa shape index (κ1) is 7.79. The molecule has 0 aliphatic carbocycles. The lowest BCUT2D eigenvalue weighted by Gasteiger charge is -1.96. The molecule has 0 atom stereocenters. The zero-order valence-corrected chi connectivity index (χ0v) is 6.87. The van der Waals surface area contributed by atoms with Crippen molar-refractivity contribution in [2.24, 2.45) is 5.73 Å². The van der Waals surface area contributed by atoms with Crippen LogP contribution in [0.5, 0.6) is 0 Å². The maximum atomic E-state index is 10.6. The molecule has 4 nitrogen and oxygen atoms in total. The van der Waals surface area contributed by atoms with Crippen molar-refractivity contribution in [2.75, 3.05) is 0 Å². The van der Waals surface area contributed by atoms with Crippen LogP contribution in [-0.2, 0) is 11.2 Å². The van der Waals surface area contributed by atoms with E-state index in [4.69, 9.17) is 5.73 Å². The number of nitrogens with one attached hydrogen (secondary N) is 1. The minimum atomic E-state index is -0.334. The van der Waals surface area contributed by atoms with E-state index in [0.29, 0.717) is 0 Å². The molecule has 1 aromatic heterocycles. The summed E-state index contributed by atoms with van der Waals surface area (Å²) in [5, 5.41) is 0. The van der Waals surface area contributed by atoms with Gasteiger partial charge in [0, 0.05) is 0 Å². The summed E-state index contributed by atoms with van der Waals surface area (Å²) in [5.74, 6) is -0.334. The molecular formula is C9H8N3O. The molecule has 0 unspecified atom stereocenters. The van der Waals surface area contributed by atoms with Crippen molar-refractivity contribution in [3.05, 3.63) is 30.1 Å². The van der Waals surface area contributed by atoms with Crippen molar-refractivity contribution in [1.82, 2.24) is 9.97 Å². The number of imidazole rings is 1. The van der Waals surface area contributed by atoms with Crippen molar-refractivity contribution in [3.8, 4) is 0 Å². The third-order valence-corrected chi connectivity index (χ3v) is 1.81. The topological polar surface area (TPSA) is 71.8 Å². The van der Waals surface area contributed by atoms with Crippen LogP contribution in [0.3, 0.4) is 0 Å². The molecule has 1 aromatic carbocycles. The van der Waals surface area contributed by atoms with Gasteiger partial charge in [0.05, 0.1) is 17.5 Å². The Bertz CT molecular complexity index is 447. The van der Waals surface area contributed by atoms with Crippen molar-refractivity contribution in [3.63, 3.8) is 0 Å². The zero-order valence-electron chi connectivity index (χ0n) is 6.87. The van der Waals surface area contributed by atoms with E-state index in [1.807, 2.05) is 18.2 Å².